The quantitative estimate of drug-likeness (QED) is 0.848. The molecule has 1 saturated heterocycles. The van der Waals surface area contributed by atoms with Gasteiger partial charge in [-0.25, -0.2) is 4.79 Å². The molecule has 18 heavy (non-hydrogen) atoms. The van der Waals surface area contributed by atoms with Gasteiger partial charge in [0.1, 0.15) is 0 Å². The molecule has 1 aromatic heterocycles. The van der Waals surface area contributed by atoms with Crippen LogP contribution in [0.3, 0.4) is 0 Å². The molecule has 0 bridgehead atoms. The van der Waals surface area contributed by atoms with Crippen LogP contribution < -0.4 is 11.5 Å². The molecule has 1 aromatic carbocycles. The van der Waals surface area contributed by atoms with Gasteiger partial charge in [-0.05, 0) is 30.2 Å². The van der Waals surface area contributed by atoms with Crippen molar-refractivity contribution in [2.24, 2.45) is 11.7 Å². The van der Waals surface area contributed by atoms with E-state index in [1.807, 2.05) is 18.2 Å². The van der Waals surface area contributed by atoms with Crippen LogP contribution in [-0.2, 0) is 10.2 Å². The second kappa shape index (κ2) is 3.96. The van der Waals surface area contributed by atoms with E-state index in [-0.39, 0.29) is 5.41 Å². The van der Waals surface area contributed by atoms with E-state index in [2.05, 4.69) is 11.9 Å². The molecule has 5 nitrogen and oxygen atoms in total. The number of benzene rings is 1. The van der Waals surface area contributed by atoms with Crippen LogP contribution in [0, 0.1) is 5.92 Å². The average Bonchev–Trinajstić information content (AvgIpc) is 2.66. The van der Waals surface area contributed by atoms with Gasteiger partial charge in [0.2, 0.25) is 0 Å². The molecule has 1 aliphatic rings. The number of oxazole rings is 1. The maximum absolute atomic E-state index is 11.2. The second-order valence-corrected chi connectivity index (χ2v) is 5.01. The zero-order chi connectivity index (χ0) is 12.8. The minimum Gasteiger partial charge on any atom is -0.408 e. The molecule has 0 amide bonds. The fraction of sp³-hybridized carbons (Fsp3) is 0.462. The van der Waals surface area contributed by atoms with Crippen LogP contribution >= 0.6 is 0 Å². The Labute approximate surface area is 104 Å². The zero-order valence-corrected chi connectivity index (χ0v) is 10.2. The maximum atomic E-state index is 11.2. The molecule has 3 N–H and O–H groups in total. The number of H-pyrrole nitrogens is 1. The number of hydrogen-bond donors (Lipinski definition) is 2. The lowest BCUT2D eigenvalue weighted by molar-refractivity contribution is -0.0853. The first-order valence-electron chi connectivity index (χ1n) is 6.07. The van der Waals surface area contributed by atoms with Crippen LogP contribution in [0.1, 0.15) is 12.5 Å². The van der Waals surface area contributed by atoms with E-state index in [1.165, 1.54) is 0 Å². The van der Waals surface area contributed by atoms with Crippen molar-refractivity contribution in [2.75, 3.05) is 19.8 Å². The highest BCUT2D eigenvalue weighted by atomic mass is 16.5. The van der Waals surface area contributed by atoms with E-state index in [0.717, 1.165) is 11.1 Å². The topological polar surface area (TPSA) is 81.3 Å². The molecule has 1 fully saturated rings. The van der Waals surface area contributed by atoms with E-state index < -0.39 is 5.76 Å². The number of fused-ring (bicyclic) bond motifs is 1. The highest BCUT2D eigenvalue weighted by molar-refractivity contribution is 5.73. The Hall–Kier alpha value is -1.59. The van der Waals surface area contributed by atoms with Crippen LogP contribution in [0.15, 0.2) is 27.4 Å². The molecule has 1 aliphatic heterocycles. The van der Waals surface area contributed by atoms with Gasteiger partial charge >= 0.3 is 5.76 Å². The van der Waals surface area contributed by atoms with Gasteiger partial charge in [0.05, 0.1) is 18.7 Å². The number of hydrogen-bond acceptors (Lipinski definition) is 4. The number of aromatic amines is 1. The Morgan fingerprint density at radius 1 is 1.50 bits per heavy atom. The first-order valence-corrected chi connectivity index (χ1v) is 6.07. The lowest BCUT2D eigenvalue weighted by atomic mass is 9.69. The molecule has 1 atom stereocenters. The van der Waals surface area contributed by atoms with Crippen molar-refractivity contribution in [1.82, 2.24) is 4.98 Å². The first-order chi connectivity index (χ1) is 8.65. The summed E-state index contributed by atoms with van der Waals surface area (Å²) in [6.45, 7) is 4.08. The molecule has 0 spiro atoms. The number of rotatable bonds is 3. The normalized spacial score (nSPS) is 19.7. The predicted octanol–water partition coefficient (Wildman–Crippen LogP) is 0.984. The van der Waals surface area contributed by atoms with Gasteiger partial charge in [-0.1, -0.05) is 13.0 Å². The van der Waals surface area contributed by atoms with Gasteiger partial charge in [0.25, 0.3) is 0 Å². The summed E-state index contributed by atoms with van der Waals surface area (Å²) in [6, 6.07) is 5.81. The molecule has 2 heterocycles. The van der Waals surface area contributed by atoms with Gasteiger partial charge in [0, 0.05) is 5.41 Å². The molecule has 0 radical (unpaired) electrons. The lowest BCUT2D eigenvalue weighted by Gasteiger charge is -2.46. The standard InChI is InChI=1S/C13H16N2O3/c1-8(5-14)13(6-17-7-13)9-2-3-10-11(4-9)18-12(16)15-10/h2-4,8H,5-7,14H2,1H3,(H,15,16). The van der Waals surface area contributed by atoms with Crippen LogP contribution in [0.25, 0.3) is 11.1 Å². The first kappa shape index (κ1) is 11.5. The van der Waals surface area contributed by atoms with Crippen molar-refractivity contribution >= 4 is 11.1 Å². The zero-order valence-electron chi connectivity index (χ0n) is 10.2. The highest BCUT2D eigenvalue weighted by Crippen LogP contribution is 2.39. The lowest BCUT2D eigenvalue weighted by Crippen LogP contribution is -2.53. The Morgan fingerprint density at radius 3 is 2.89 bits per heavy atom. The Bertz CT molecular complexity index is 624. The molecular weight excluding hydrogens is 232 g/mol. The Morgan fingerprint density at radius 2 is 2.28 bits per heavy atom. The van der Waals surface area contributed by atoms with Crippen molar-refractivity contribution in [2.45, 2.75) is 12.3 Å². The van der Waals surface area contributed by atoms with Crippen molar-refractivity contribution in [3.63, 3.8) is 0 Å². The Balaban J connectivity index is 2.09. The van der Waals surface area contributed by atoms with Crippen molar-refractivity contribution in [3.8, 4) is 0 Å². The van der Waals surface area contributed by atoms with E-state index in [4.69, 9.17) is 14.9 Å². The smallest absolute Gasteiger partial charge is 0.408 e. The van der Waals surface area contributed by atoms with E-state index >= 15 is 0 Å². The van der Waals surface area contributed by atoms with E-state index in [0.29, 0.717) is 31.3 Å². The summed E-state index contributed by atoms with van der Waals surface area (Å²) < 4.78 is 10.5. The van der Waals surface area contributed by atoms with Gasteiger partial charge in [-0.3, -0.25) is 4.98 Å². The van der Waals surface area contributed by atoms with E-state index in [9.17, 15) is 4.79 Å². The SMILES string of the molecule is CC(CN)C1(c2ccc3[nH]c(=O)oc3c2)COC1. The fourth-order valence-corrected chi connectivity index (χ4v) is 2.54. The predicted molar refractivity (Wildman–Crippen MR) is 67.6 cm³/mol. The summed E-state index contributed by atoms with van der Waals surface area (Å²) in [6.07, 6.45) is 0. The Kier molecular flexibility index (Phi) is 2.53. The molecule has 2 aromatic rings. The van der Waals surface area contributed by atoms with E-state index in [1.54, 1.807) is 0 Å². The molecule has 5 heteroatoms. The minimum atomic E-state index is -0.423. The summed E-state index contributed by atoms with van der Waals surface area (Å²) in [5.74, 6) is -0.0951. The molecular formula is C13H16N2O3. The fourth-order valence-electron chi connectivity index (χ4n) is 2.54. The monoisotopic (exact) mass is 248 g/mol. The maximum Gasteiger partial charge on any atom is 0.417 e. The second-order valence-electron chi connectivity index (χ2n) is 5.01. The summed E-state index contributed by atoms with van der Waals surface area (Å²) >= 11 is 0. The van der Waals surface area contributed by atoms with Gasteiger partial charge in [0.15, 0.2) is 5.58 Å². The third-order valence-corrected chi connectivity index (χ3v) is 4.01. The molecule has 3 rings (SSSR count). The third-order valence-electron chi connectivity index (χ3n) is 4.01. The molecule has 1 unspecified atom stereocenters. The molecule has 0 aliphatic carbocycles. The third kappa shape index (κ3) is 1.51. The largest absolute Gasteiger partial charge is 0.417 e. The average molecular weight is 248 g/mol. The van der Waals surface area contributed by atoms with Gasteiger partial charge in [-0.15, -0.1) is 0 Å². The van der Waals surface area contributed by atoms with Crippen LogP contribution in [0.4, 0.5) is 0 Å². The van der Waals surface area contributed by atoms with Crippen LogP contribution in [0.5, 0.6) is 0 Å². The van der Waals surface area contributed by atoms with Gasteiger partial charge in [-0.2, -0.15) is 0 Å². The highest BCUT2D eigenvalue weighted by Gasteiger charge is 2.44. The van der Waals surface area contributed by atoms with Crippen molar-refractivity contribution < 1.29 is 9.15 Å². The van der Waals surface area contributed by atoms with Crippen LogP contribution in [-0.4, -0.2) is 24.7 Å². The number of aromatic nitrogens is 1. The molecule has 96 valence electrons. The summed E-state index contributed by atoms with van der Waals surface area (Å²) in [4.78, 5) is 13.8. The van der Waals surface area contributed by atoms with Crippen molar-refractivity contribution in [1.29, 1.82) is 0 Å². The van der Waals surface area contributed by atoms with Crippen molar-refractivity contribution in [3.05, 3.63) is 34.3 Å². The minimum absolute atomic E-state index is 0.0429. The van der Waals surface area contributed by atoms with Gasteiger partial charge < -0.3 is 14.9 Å². The number of nitrogens with one attached hydrogen (secondary N) is 1. The number of nitrogens with two attached hydrogens (primary N) is 1. The summed E-state index contributed by atoms with van der Waals surface area (Å²) in [5.41, 5.74) is 8.18. The summed E-state index contributed by atoms with van der Waals surface area (Å²) in [7, 11) is 0. The molecule has 0 saturated carbocycles. The number of ether oxygens (including phenoxy) is 1. The van der Waals surface area contributed by atoms with Crippen LogP contribution in [0.2, 0.25) is 0 Å². The summed E-state index contributed by atoms with van der Waals surface area (Å²) in [5, 5.41) is 0.